The van der Waals surface area contributed by atoms with Crippen molar-refractivity contribution in [2.45, 2.75) is 26.2 Å². The summed E-state index contributed by atoms with van der Waals surface area (Å²) < 4.78 is 0. The first-order chi connectivity index (χ1) is 9.48. The highest BCUT2D eigenvalue weighted by Crippen LogP contribution is 2.36. The van der Waals surface area contributed by atoms with Gasteiger partial charge in [-0.15, -0.1) is 0 Å². The SMILES string of the molecule is CCCC1(C(=O)O)CCN(C(=O)c2cccc(N)c2)C1. The third-order valence-electron chi connectivity index (χ3n) is 3.96. The number of anilines is 1. The lowest BCUT2D eigenvalue weighted by Crippen LogP contribution is -2.36. The van der Waals surface area contributed by atoms with Crippen molar-refractivity contribution >= 4 is 17.6 Å². The predicted molar refractivity (Wildman–Crippen MR) is 76.4 cm³/mol. The molecule has 0 spiro atoms. The molecule has 1 saturated heterocycles. The minimum atomic E-state index is -0.803. The minimum Gasteiger partial charge on any atom is -0.481 e. The summed E-state index contributed by atoms with van der Waals surface area (Å²) in [7, 11) is 0. The Kier molecular flexibility index (Phi) is 3.97. The van der Waals surface area contributed by atoms with Crippen molar-refractivity contribution in [2.24, 2.45) is 5.41 Å². The van der Waals surface area contributed by atoms with E-state index in [9.17, 15) is 14.7 Å². The van der Waals surface area contributed by atoms with Crippen molar-refractivity contribution in [3.8, 4) is 0 Å². The number of carbonyl (C=O) groups is 2. The number of aliphatic carboxylic acids is 1. The molecule has 0 saturated carbocycles. The van der Waals surface area contributed by atoms with E-state index in [-0.39, 0.29) is 12.5 Å². The average Bonchev–Trinajstić information content (AvgIpc) is 2.84. The van der Waals surface area contributed by atoms with Crippen molar-refractivity contribution < 1.29 is 14.7 Å². The number of nitrogens with zero attached hydrogens (tertiary/aromatic N) is 1. The number of nitrogens with two attached hydrogens (primary N) is 1. The second-order valence-corrected chi connectivity index (χ2v) is 5.44. The summed E-state index contributed by atoms with van der Waals surface area (Å²) in [6.45, 7) is 2.73. The molecule has 1 aromatic rings. The van der Waals surface area contributed by atoms with E-state index in [1.165, 1.54) is 0 Å². The Morgan fingerprint density at radius 1 is 1.45 bits per heavy atom. The zero-order chi connectivity index (χ0) is 14.8. The molecule has 20 heavy (non-hydrogen) atoms. The van der Waals surface area contributed by atoms with Crippen LogP contribution in [0.1, 0.15) is 36.5 Å². The van der Waals surface area contributed by atoms with Gasteiger partial charge in [-0.05, 0) is 31.0 Å². The van der Waals surface area contributed by atoms with Crippen molar-refractivity contribution in [3.63, 3.8) is 0 Å². The lowest BCUT2D eigenvalue weighted by atomic mass is 9.83. The Bertz CT molecular complexity index is 530. The molecule has 1 atom stereocenters. The molecule has 1 unspecified atom stereocenters. The van der Waals surface area contributed by atoms with Crippen LogP contribution < -0.4 is 5.73 Å². The zero-order valence-electron chi connectivity index (χ0n) is 11.6. The Labute approximate surface area is 118 Å². The normalized spacial score (nSPS) is 21.9. The van der Waals surface area contributed by atoms with Crippen LogP contribution in [-0.4, -0.2) is 35.0 Å². The van der Waals surface area contributed by atoms with Crippen LogP contribution >= 0.6 is 0 Å². The van der Waals surface area contributed by atoms with E-state index in [1.807, 2.05) is 6.92 Å². The first-order valence-corrected chi connectivity index (χ1v) is 6.87. The maximum absolute atomic E-state index is 12.4. The van der Waals surface area contributed by atoms with Crippen molar-refractivity contribution in [1.82, 2.24) is 4.90 Å². The van der Waals surface area contributed by atoms with Crippen LogP contribution in [0.5, 0.6) is 0 Å². The predicted octanol–water partition coefficient (Wildman–Crippen LogP) is 1.99. The van der Waals surface area contributed by atoms with Crippen LogP contribution in [0.4, 0.5) is 5.69 Å². The summed E-state index contributed by atoms with van der Waals surface area (Å²) in [6, 6.07) is 6.79. The van der Waals surface area contributed by atoms with Crippen LogP contribution in [0.2, 0.25) is 0 Å². The first kappa shape index (κ1) is 14.4. The fourth-order valence-electron chi connectivity index (χ4n) is 2.86. The van der Waals surface area contributed by atoms with Crippen LogP contribution in [0.15, 0.2) is 24.3 Å². The molecule has 2 rings (SSSR count). The molecule has 1 aromatic carbocycles. The highest BCUT2D eigenvalue weighted by molar-refractivity contribution is 5.95. The van der Waals surface area contributed by atoms with Crippen LogP contribution in [-0.2, 0) is 4.79 Å². The fraction of sp³-hybridized carbons (Fsp3) is 0.467. The number of amides is 1. The number of hydrogen-bond acceptors (Lipinski definition) is 3. The number of carboxylic acids is 1. The fourth-order valence-corrected chi connectivity index (χ4v) is 2.86. The zero-order valence-corrected chi connectivity index (χ0v) is 11.6. The molecule has 0 bridgehead atoms. The molecule has 1 aliphatic heterocycles. The molecular weight excluding hydrogens is 256 g/mol. The lowest BCUT2D eigenvalue weighted by molar-refractivity contribution is -0.148. The van der Waals surface area contributed by atoms with Crippen LogP contribution in [0.3, 0.4) is 0 Å². The quantitative estimate of drug-likeness (QED) is 0.824. The second kappa shape index (κ2) is 5.53. The summed E-state index contributed by atoms with van der Waals surface area (Å²) >= 11 is 0. The summed E-state index contributed by atoms with van der Waals surface area (Å²) in [6.07, 6.45) is 1.92. The first-order valence-electron chi connectivity index (χ1n) is 6.87. The molecule has 0 aromatic heterocycles. The maximum atomic E-state index is 12.4. The van der Waals surface area contributed by atoms with E-state index in [4.69, 9.17) is 5.73 Å². The number of hydrogen-bond donors (Lipinski definition) is 2. The summed E-state index contributed by atoms with van der Waals surface area (Å²) in [4.78, 5) is 25.5. The van der Waals surface area contributed by atoms with Gasteiger partial charge in [-0.1, -0.05) is 19.4 Å². The monoisotopic (exact) mass is 276 g/mol. The van der Waals surface area contributed by atoms with Crippen LogP contribution in [0.25, 0.3) is 0 Å². The molecule has 1 amide bonds. The molecule has 3 N–H and O–H groups in total. The van der Waals surface area contributed by atoms with Gasteiger partial charge in [0.15, 0.2) is 0 Å². The van der Waals surface area contributed by atoms with Crippen molar-refractivity contribution in [2.75, 3.05) is 18.8 Å². The van der Waals surface area contributed by atoms with E-state index >= 15 is 0 Å². The van der Waals surface area contributed by atoms with E-state index in [1.54, 1.807) is 29.2 Å². The summed E-state index contributed by atoms with van der Waals surface area (Å²) in [5.74, 6) is -0.946. The van der Waals surface area contributed by atoms with E-state index in [0.717, 1.165) is 6.42 Å². The molecule has 1 aliphatic rings. The van der Waals surface area contributed by atoms with Crippen molar-refractivity contribution in [1.29, 1.82) is 0 Å². The van der Waals surface area contributed by atoms with Gasteiger partial charge in [0.05, 0.1) is 5.41 Å². The third-order valence-corrected chi connectivity index (χ3v) is 3.96. The highest BCUT2D eigenvalue weighted by atomic mass is 16.4. The minimum absolute atomic E-state index is 0.142. The van der Waals surface area contributed by atoms with E-state index in [2.05, 4.69) is 0 Å². The van der Waals surface area contributed by atoms with Gasteiger partial charge in [-0.3, -0.25) is 9.59 Å². The Hall–Kier alpha value is -2.04. The van der Waals surface area contributed by atoms with Crippen molar-refractivity contribution in [3.05, 3.63) is 29.8 Å². The molecule has 5 heteroatoms. The van der Waals surface area contributed by atoms with Gasteiger partial charge in [-0.25, -0.2) is 0 Å². The number of rotatable bonds is 4. The molecule has 0 radical (unpaired) electrons. The lowest BCUT2D eigenvalue weighted by Gasteiger charge is -2.24. The van der Waals surface area contributed by atoms with E-state index in [0.29, 0.717) is 30.6 Å². The average molecular weight is 276 g/mol. The van der Waals surface area contributed by atoms with Crippen LogP contribution in [0, 0.1) is 5.41 Å². The highest BCUT2D eigenvalue weighted by Gasteiger charge is 2.45. The van der Waals surface area contributed by atoms with Gasteiger partial charge in [-0.2, -0.15) is 0 Å². The Balaban J connectivity index is 2.16. The third kappa shape index (κ3) is 2.61. The molecular formula is C15H20N2O3. The number of carbonyl (C=O) groups excluding carboxylic acids is 1. The smallest absolute Gasteiger partial charge is 0.311 e. The molecule has 5 nitrogen and oxygen atoms in total. The largest absolute Gasteiger partial charge is 0.481 e. The molecule has 1 fully saturated rings. The van der Waals surface area contributed by atoms with Gasteiger partial charge in [0.2, 0.25) is 0 Å². The standard InChI is InChI=1S/C15H20N2O3/c1-2-6-15(14(19)20)7-8-17(10-15)13(18)11-4-3-5-12(16)9-11/h3-5,9H,2,6-8,10,16H2,1H3,(H,19,20). The Morgan fingerprint density at radius 2 is 2.20 bits per heavy atom. The second-order valence-electron chi connectivity index (χ2n) is 5.44. The van der Waals surface area contributed by atoms with Gasteiger partial charge in [0.1, 0.15) is 0 Å². The summed E-state index contributed by atoms with van der Waals surface area (Å²) in [5, 5.41) is 9.45. The molecule has 1 heterocycles. The number of likely N-dealkylation sites (tertiary alicyclic amines) is 1. The van der Waals surface area contributed by atoms with Gasteiger partial charge in [0, 0.05) is 24.3 Å². The number of nitrogen functional groups attached to an aromatic ring is 1. The number of carboxylic acid groups (broad SMARTS) is 1. The maximum Gasteiger partial charge on any atom is 0.311 e. The number of benzene rings is 1. The van der Waals surface area contributed by atoms with Gasteiger partial charge >= 0.3 is 5.97 Å². The van der Waals surface area contributed by atoms with Gasteiger partial charge < -0.3 is 15.7 Å². The van der Waals surface area contributed by atoms with E-state index < -0.39 is 11.4 Å². The topological polar surface area (TPSA) is 83.6 Å². The summed E-state index contributed by atoms with van der Waals surface area (Å²) in [5.41, 5.74) is 5.94. The van der Waals surface area contributed by atoms with Gasteiger partial charge in [0.25, 0.3) is 5.91 Å². The Morgan fingerprint density at radius 3 is 2.80 bits per heavy atom. The molecule has 108 valence electrons. The molecule has 0 aliphatic carbocycles.